The Morgan fingerprint density at radius 1 is 1.05 bits per heavy atom. The van der Waals surface area contributed by atoms with Crippen molar-refractivity contribution in [2.24, 2.45) is 0 Å². The number of rotatable bonds is 3. The van der Waals surface area contributed by atoms with Crippen LogP contribution >= 0.6 is 0 Å². The fourth-order valence-corrected chi connectivity index (χ4v) is 2.19. The molecule has 1 N–H and O–H groups in total. The summed E-state index contributed by atoms with van der Waals surface area (Å²) in [7, 11) is 0. The molecule has 21 heavy (non-hydrogen) atoms. The lowest BCUT2D eigenvalue weighted by Gasteiger charge is -2.21. The van der Waals surface area contributed by atoms with Gasteiger partial charge in [0.1, 0.15) is 5.82 Å². The molecule has 0 radical (unpaired) electrons. The number of aryl methyl sites for hydroxylation is 1. The van der Waals surface area contributed by atoms with E-state index in [0.717, 1.165) is 11.6 Å². The van der Waals surface area contributed by atoms with Crippen LogP contribution in [0.4, 0.5) is 23.2 Å². The van der Waals surface area contributed by atoms with Gasteiger partial charge in [-0.1, -0.05) is 24.3 Å². The van der Waals surface area contributed by atoms with Crippen LogP contribution in [-0.2, 0) is 6.18 Å². The number of alkyl halides is 3. The highest BCUT2D eigenvalue weighted by Crippen LogP contribution is 2.35. The molecule has 0 heterocycles. The second-order valence-corrected chi connectivity index (χ2v) is 4.91. The van der Waals surface area contributed by atoms with E-state index in [-0.39, 0.29) is 5.56 Å². The van der Waals surface area contributed by atoms with Gasteiger partial charge in [0.15, 0.2) is 0 Å². The lowest BCUT2D eigenvalue weighted by molar-refractivity contribution is -0.138. The minimum atomic E-state index is -4.41. The summed E-state index contributed by atoms with van der Waals surface area (Å²) in [4.78, 5) is 0. The zero-order chi connectivity index (χ0) is 15.6. The Balaban J connectivity index is 2.33. The molecule has 0 fully saturated rings. The van der Waals surface area contributed by atoms with E-state index in [1.165, 1.54) is 24.3 Å². The van der Waals surface area contributed by atoms with Crippen LogP contribution in [0, 0.1) is 12.7 Å². The van der Waals surface area contributed by atoms with Crippen molar-refractivity contribution in [3.8, 4) is 0 Å². The molecule has 0 amide bonds. The van der Waals surface area contributed by atoms with Crippen molar-refractivity contribution >= 4 is 5.69 Å². The summed E-state index contributed by atoms with van der Waals surface area (Å²) in [6.07, 6.45) is -4.41. The average Bonchev–Trinajstić information content (AvgIpc) is 2.42. The molecule has 112 valence electrons. The van der Waals surface area contributed by atoms with Gasteiger partial charge in [-0.3, -0.25) is 0 Å². The first-order chi connectivity index (χ1) is 9.79. The van der Waals surface area contributed by atoms with Crippen LogP contribution in [0.15, 0.2) is 42.5 Å². The van der Waals surface area contributed by atoms with E-state index in [0.29, 0.717) is 5.69 Å². The summed E-state index contributed by atoms with van der Waals surface area (Å²) in [5.41, 5.74) is 0.708. The van der Waals surface area contributed by atoms with Gasteiger partial charge in [0, 0.05) is 11.7 Å². The van der Waals surface area contributed by atoms with Gasteiger partial charge < -0.3 is 5.32 Å². The predicted octanol–water partition coefficient (Wildman–Crippen LogP) is 5.33. The quantitative estimate of drug-likeness (QED) is 0.755. The normalized spacial score (nSPS) is 13.0. The number of anilines is 1. The smallest absolute Gasteiger partial charge is 0.378 e. The highest BCUT2D eigenvalue weighted by molar-refractivity contribution is 5.52. The topological polar surface area (TPSA) is 12.0 Å². The summed E-state index contributed by atoms with van der Waals surface area (Å²) in [6.45, 7) is 3.39. The van der Waals surface area contributed by atoms with Gasteiger partial charge in [-0.2, -0.15) is 13.2 Å². The first-order valence-corrected chi connectivity index (χ1v) is 6.48. The molecule has 5 heteroatoms. The van der Waals surface area contributed by atoms with Crippen molar-refractivity contribution in [3.63, 3.8) is 0 Å². The average molecular weight is 297 g/mol. The van der Waals surface area contributed by atoms with Crippen LogP contribution in [0.2, 0.25) is 0 Å². The molecule has 0 aliphatic heterocycles. The van der Waals surface area contributed by atoms with Crippen LogP contribution in [0.1, 0.15) is 29.7 Å². The van der Waals surface area contributed by atoms with Gasteiger partial charge in [0.25, 0.3) is 0 Å². The van der Waals surface area contributed by atoms with Gasteiger partial charge in [0.2, 0.25) is 0 Å². The molecule has 0 bridgehead atoms. The van der Waals surface area contributed by atoms with Crippen LogP contribution in [-0.4, -0.2) is 0 Å². The van der Waals surface area contributed by atoms with Crippen molar-refractivity contribution in [2.75, 3.05) is 5.32 Å². The van der Waals surface area contributed by atoms with E-state index < -0.39 is 23.6 Å². The SMILES string of the molecule is Cc1ccc(F)cc1NC(C)c1ccccc1C(F)(F)F. The van der Waals surface area contributed by atoms with E-state index in [1.54, 1.807) is 26.0 Å². The first kappa shape index (κ1) is 15.4. The second kappa shape index (κ2) is 5.76. The van der Waals surface area contributed by atoms with Gasteiger partial charge in [0.05, 0.1) is 5.56 Å². The molecule has 1 atom stereocenters. The maximum atomic E-state index is 13.2. The highest BCUT2D eigenvalue weighted by atomic mass is 19.4. The molecular formula is C16H15F4N. The lowest BCUT2D eigenvalue weighted by Crippen LogP contribution is -2.15. The van der Waals surface area contributed by atoms with E-state index in [9.17, 15) is 17.6 Å². The van der Waals surface area contributed by atoms with Crippen molar-refractivity contribution < 1.29 is 17.6 Å². The summed E-state index contributed by atoms with van der Waals surface area (Å²) < 4.78 is 52.3. The Labute approximate surface area is 120 Å². The summed E-state index contributed by atoms with van der Waals surface area (Å²) in [6, 6.07) is 8.97. The van der Waals surface area contributed by atoms with Crippen molar-refractivity contribution in [3.05, 3.63) is 65.0 Å². The molecule has 0 aliphatic carbocycles. The number of hydrogen-bond acceptors (Lipinski definition) is 1. The fraction of sp³-hybridized carbons (Fsp3) is 0.250. The Morgan fingerprint density at radius 2 is 1.71 bits per heavy atom. The predicted molar refractivity (Wildman–Crippen MR) is 74.6 cm³/mol. The van der Waals surface area contributed by atoms with E-state index >= 15 is 0 Å². The number of halogens is 4. The molecule has 0 aliphatic rings. The van der Waals surface area contributed by atoms with Gasteiger partial charge >= 0.3 is 6.18 Å². The van der Waals surface area contributed by atoms with Crippen LogP contribution < -0.4 is 5.32 Å². The molecule has 2 rings (SSSR count). The molecule has 0 saturated heterocycles. The highest BCUT2D eigenvalue weighted by Gasteiger charge is 2.34. The van der Waals surface area contributed by atoms with E-state index in [2.05, 4.69) is 5.32 Å². The maximum Gasteiger partial charge on any atom is 0.416 e. The molecule has 1 nitrogen and oxygen atoms in total. The third-order valence-electron chi connectivity index (χ3n) is 3.30. The summed E-state index contributed by atoms with van der Waals surface area (Å²) >= 11 is 0. The second-order valence-electron chi connectivity index (χ2n) is 4.91. The zero-order valence-electron chi connectivity index (χ0n) is 11.6. The van der Waals surface area contributed by atoms with Crippen LogP contribution in [0.5, 0.6) is 0 Å². The number of benzene rings is 2. The maximum absolute atomic E-state index is 13.2. The van der Waals surface area contributed by atoms with E-state index in [4.69, 9.17) is 0 Å². The summed E-state index contributed by atoms with van der Waals surface area (Å²) in [5, 5.41) is 2.94. The van der Waals surface area contributed by atoms with Crippen LogP contribution in [0.25, 0.3) is 0 Å². The van der Waals surface area contributed by atoms with Gasteiger partial charge in [-0.25, -0.2) is 4.39 Å². The minimum absolute atomic E-state index is 0.133. The Kier molecular flexibility index (Phi) is 4.21. The zero-order valence-corrected chi connectivity index (χ0v) is 11.6. The Hall–Kier alpha value is -2.04. The molecular weight excluding hydrogens is 282 g/mol. The first-order valence-electron chi connectivity index (χ1n) is 6.48. The van der Waals surface area contributed by atoms with Gasteiger partial charge in [-0.15, -0.1) is 0 Å². The fourth-order valence-electron chi connectivity index (χ4n) is 2.19. The third kappa shape index (κ3) is 3.54. The monoisotopic (exact) mass is 297 g/mol. The largest absolute Gasteiger partial charge is 0.416 e. The van der Waals surface area contributed by atoms with Crippen molar-refractivity contribution in [1.82, 2.24) is 0 Å². The molecule has 0 spiro atoms. The van der Waals surface area contributed by atoms with Crippen molar-refractivity contribution in [1.29, 1.82) is 0 Å². The van der Waals surface area contributed by atoms with Crippen molar-refractivity contribution in [2.45, 2.75) is 26.1 Å². The third-order valence-corrected chi connectivity index (χ3v) is 3.30. The van der Waals surface area contributed by atoms with E-state index in [1.807, 2.05) is 0 Å². The number of hydrogen-bond donors (Lipinski definition) is 1. The van der Waals surface area contributed by atoms with Crippen LogP contribution in [0.3, 0.4) is 0 Å². The summed E-state index contributed by atoms with van der Waals surface area (Å²) in [5.74, 6) is -0.431. The lowest BCUT2D eigenvalue weighted by atomic mass is 10.0. The molecule has 2 aromatic carbocycles. The standard InChI is InChI=1S/C16H15F4N/c1-10-7-8-12(17)9-15(10)21-11(2)13-5-3-4-6-14(13)16(18,19)20/h3-9,11,21H,1-2H3. The molecule has 0 aromatic heterocycles. The molecule has 2 aromatic rings. The molecule has 0 saturated carbocycles. The Morgan fingerprint density at radius 3 is 2.38 bits per heavy atom. The molecule has 1 unspecified atom stereocenters. The van der Waals surface area contributed by atoms with Gasteiger partial charge in [-0.05, 0) is 43.2 Å². The Bertz CT molecular complexity index is 634. The minimum Gasteiger partial charge on any atom is -0.378 e. The number of nitrogens with one attached hydrogen (secondary N) is 1.